The average Bonchev–Trinajstić information content (AvgIpc) is 2.20. The first-order chi connectivity index (χ1) is 8.49. The van der Waals surface area contributed by atoms with E-state index < -0.39 is 11.9 Å². The molecule has 1 aromatic carbocycles. The van der Waals surface area contributed by atoms with Crippen molar-refractivity contribution < 1.29 is 14.7 Å². The van der Waals surface area contributed by atoms with Gasteiger partial charge < -0.3 is 10.4 Å². The number of anilines is 1. The minimum absolute atomic E-state index is 0.183. The quantitative estimate of drug-likeness (QED) is 0.861. The minimum atomic E-state index is -0.874. The van der Waals surface area contributed by atoms with Gasteiger partial charge in [-0.25, -0.2) is 0 Å². The summed E-state index contributed by atoms with van der Waals surface area (Å²) in [6.45, 7) is 3.99. The van der Waals surface area contributed by atoms with E-state index in [1.807, 2.05) is 32.0 Å². The molecule has 0 heterocycles. The van der Waals surface area contributed by atoms with E-state index in [4.69, 9.17) is 5.11 Å². The third-order valence-corrected chi connectivity index (χ3v) is 3.70. The van der Waals surface area contributed by atoms with Crippen molar-refractivity contribution >= 4 is 17.6 Å². The molecule has 0 bridgehead atoms. The van der Waals surface area contributed by atoms with Crippen LogP contribution in [0.15, 0.2) is 18.2 Å². The van der Waals surface area contributed by atoms with Crippen LogP contribution in [0.5, 0.6) is 0 Å². The lowest BCUT2D eigenvalue weighted by atomic mass is 9.73. The van der Waals surface area contributed by atoms with Gasteiger partial charge in [0.05, 0.1) is 11.8 Å². The normalized spacial score (nSPS) is 22.1. The molecular formula is C14H17NO3. The maximum atomic E-state index is 11.9. The van der Waals surface area contributed by atoms with Gasteiger partial charge in [-0.1, -0.05) is 6.07 Å². The SMILES string of the molecule is Cc1ccc(NC(=O)C2CCC2C(=O)O)cc1C. The van der Waals surface area contributed by atoms with Crippen LogP contribution in [0.1, 0.15) is 24.0 Å². The van der Waals surface area contributed by atoms with Crippen molar-refractivity contribution in [2.24, 2.45) is 11.8 Å². The fourth-order valence-electron chi connectivity index (χ4n) is 2.16. The summed E-state index contributed by atoms with van der Waals surface area (Å²) < 4.78 is 0. The van der Waals surface area contributed by atoms with E-state index in [1.54, 1.807) is 0 Å². The molecule has 0 aromatic heterocycles. The number of carboxylic acid groups (broad SMARTS) is 1. The van der Waals surface area contributed by atoms with Crippen LogP contribution in [-0.4, -0.2) is 17.0 Å². The number of carbonyl (C=O) groups is 2. The van der Waals surface area contributed by atoms with Crippen molar-refractivity contribution in [1.82, 2.24) is 0 Å². The van der Waals surface area contributed by atoms with Crippen molar-refractivity contribution in [2.75, 3.05) is 5.32 Å². The predicted octanol–water partition coefficient (Wildman–Crippen LogP) is 2.35. The lowest BCUT2D eigenvalue weighted by molar-refractivity contribution is -0.151. The number of hydrogen-bond donors (Lipinski definition) is 2. The standard InChI is InChI=1S/C14H17NO3/c1-8-3-4-10(7-9(8)2)15-13(16)11-5-6-12(11)14(17)18/h3-4,7,11-12H,5-6H2,1-2H3,(H,15,16)(H,17,18). The molecule has 0 aliphatic heterocycles. The van der Waals surface area contributed by atoms with Gasteiger partial charge in [-0.2, -0.15) is 0 Å². The molecule has 0 radical (unpaired) electrons. The minimum Gasteiger partial charge on any atom is -0.481 e. The molecule has 0 saturated heterocycles. The summed E-state index contributed by atoms with van der Waals surface area (Å²) in [4.78, 5) is 22.8. The Morgan fingerprint density at radius 1 is 1.17 bits per heavy atom. The highest BCUT2D eigenvalue weighted by Gasteiger charge is 2.41. The second-order valence-corrected chi connectivity index (χ2v) is 4.92. The maximum Gasteiger partial charge on any atom is 0.307 e. The zero-order valence-electron chi connectivity index (χ0n) is 10.6. The van der Waals surface area contributed by atoms with Gasteiger partial charge in [0.15, 0.2) is 0 Å². The van der Waals surface area contributed by atoms with Gasteiger partial charge in [-0.15, -0.1) is 0 Å². The number of aliphatic carboxylic acids is 1. The number of carboxylic acids is 1. The smallest absolute Gasteiger partial charge is 0.307 e. The van der Waals surface area contributed by atoms with Gasteiger partial charge in [0.25, 0.3) is 0 Å². The lowest BCUT2D eigenvalue weighted by Gasteiger charge is -2.31. The first kappa shape index (κ1) is 12.6. The van der Waals surface area contributed by atoms with Crippen LogP contribution in [0.25, 0.3) is 0 Å². The Hall–Kier alpha value is -1.84. The van der Waals surface area contributed by atoms with Crippen LogP contribution >= 0.6 is 0 Å². The van der Waals surface area contributed by atoms with Crippen LogP contribution in [0.3, 0.4) is 0 Å². The molecule has 4 nitrogen and oxygen atoms in total. The summed E-state index contributed by atoms with van der Waals surface area (Å²) in [5.41, 5.74) is 3.01. The van der Waals surface area contributed by atoms with Crippen LogP contribution in [0.4, 0.5) is 5.69 Å². The van der Waals surface area contributed by atoms with E-state index in [0.29, 0.717) is 12.8 Å². The summed E-state index contributed by atoms with van der Waals surface area (Å²) in [7, 11) is 0. The third-order valence-electron chi connectivity index (χ3n) is 3.70. The summed E-state index contributed by atoms with van der Waals surface area (Å²) in [6, 6.07) is 5.69. The number of amides is 1. The van der Waals surface area contributed by atoms with Crippen LogP contribution in [0, 0.1) is 25.7 Å². The molecule has 4 heteroatoms. The predicted molar refractivity (Wildman–Crippen MR) is 68.4 cm³/mol. The number of nitrogens with one attached hydrogen (secondary N) is 1. The molecule has 2 unspecified atom stereocenters. The first-order valence-corrected chi connectivity index (χ1v) is 6.10. The molecular weight excluding hydrogens is 230 g/mol. The van der Waals surface area contributed by atoms with Crippen molar-refractivity contribution in [3.63, 3.8) is 0 Å². The van der Waals surface area contributed by atoms with Gasteiger partial charge >= 0.3 is 5.97 Å². The monoisotopic (exact) mass is 247 g/mol. The molecule has 1 saturated carbocycles. The van der Waals surface area contributed by atoms with Crippen LogP contribution in [0.2, 0.25) is 0 Å². The van der Waals surface area contributed by atoms with Crippen molar-refractivity contribution in [3.05, 3.63) is 29.3 Å². The fraction of sp³-hybridized carbons (Fsp3) is 0.429. The summed E-state index contributed by atoms with van der Waals surface area (Å²) in [5.74, 6) is -1.96. The highest BCUT2D eigenvalue weighted by molar-refractivity contribution is 5.96. The Kier molecular flexibility index (Phi) is 3.36. The van der Waals surface area contributed by atoms with E-state index >= 15 is 0 Å². The molecule has 2 atom stereocenters. The number of carbonyl (C=O) groups excluding carboxylic acids is 1. The third kappa shape index (κ3) is 2.37. The Balaban J connectivity index is 2.03. The number of hydrogen-bond acceptors (Lipinski definition) is 2. The summed E-state index contributed by atoms with van der Waals surface area (Å²) in [6.07, 6.45) is 1.26. The lowest BCUT2D eigenvalue weighted by Crippen LogP contribution is -2.41. The first-order valence-electron chi connectivity index (χ1n) is 6.10. The van der Waals surface area contributed by atoms with Crippen molar-refractivity contribution in [3.8, 4) is 0 Å². The van der Waals surface area contributed by atoms with Gasteiger partial charge in [0, 0.05) is 5.69 Å². The molecule has 2 N–H and O–H groups in total. The molecule has 1 aliphatic carbocycles. The van der Waals surface area contributed by atoms with Gasteiger partial charge in [0.2, 0.25) is 5.91 Å². The highest BCUT2D eigenvalue weighted by Crippen LogP contribution is 2.35. The van der Waals surface area contributed by atoms with Gasteiger partial charge in [0.1, 0.15) is 0 Å². The van der Waals surface area contributed by atoms with E-state index in [1.165, 1.54) is 5.56 Å². The van der Waals surface area contributed by atoms with E-state index in [0.717, 1.165) is 11.3 Å². The molecule has 1 aliphatic rings. The van der Waals surface area contributed by atoms with E-state index in [2.05, 4.69) is 5.32 Å². The molecule has 1 aromatic rings. The number of rotatable bonds is 3. The molecule has 18 heavy (non-hydrogen) atoms. The number of aryl methyl sites for hydroxylation is 2. The summed E-state index contributed by atoms with van der Waals surface area (Å²) >= 11 is 0. The number of benzene rings is 1. The Morgan fingerprint density at radius 2 is 1.83 bits per heavy atom. The Labute approximate surface area is 106 Å². The highest BCUT2D eigenvalue weighted by atomic mass is 16.4. The second kappa shape index (κ2) is 4.80. The van der Waals surface area contributed by atoms with Gasteiger partial charge in [-0.3, -0.25) is 9.59 Å². The van der Waals surface area contributed by atoms with Crippen LogP contribution < -0.4 is 5.32 Å². The summed E-state index contributed by atoms with van der Waals surface area (Å²) in [5, 5.41) is 11.7. The molecule has 0 spiro atoms. The average molecular weight is 247 g/mol. The van der Waals surface area contributed by atoms with E-state index in [9.17, 15) is 9.59 Å². The zero-order valence-corrected chi connectivity index (χ0v) is 10.6. The second-order valence-electron chi connectivity index (χ2n) is 4.92. The largest absolute Gasteiger partial charge is 0.481 e. The topological polar surface area (TPSA) is 66.4 Å². The molecule has 2 rings (SSSR count). The molecule has 1 fully saturated rings. The van der Waals surface area contributed by atoms with Crippen molar-refractivity contribution in [1.29, 1.82) is 0 Å². The maximum absolute atomic E-state index is 11.9. The van der Waals surface area contributed by atoms with Crippen molar-refractivity contribution in [2.45, 2.75) is 26.7 Å². The zero-order chi connectivity index (χ0) is 13.3. The fourth-order valence-corrected chi connectivity index (χ4v) is 2.16. The van der Waals surface area contributed by atoms with Crippen LogP contribution in [-0.2, 0) is 9.59 Å². The molecule has 1 amide bonds. The Bertz CT molecular complexity index is 496. The van der Waals surface area contributed by atoms with E-state index in [-0.39, 0.29) is 11.8 Å². The van der Waals surface area contributed by atoms with Gasteiger partial charge in [-0.05, 0) is 49.9 Å². The molecule has 96 valence electrons. The Morgan fingerprint density at radius 3 is 2.33 bits per heavy atom.